The van der Waals surface area contributed by atoms with Crippen molar-refractivity contribution in [2.24, 2.45) is 0 Å². The predicted molar refractivity (Wildman–Crippen MR) is 133 cm³/mol. The molecule has 1 spiro atoms. The van der Waals surface area contributed by atoms with E-state index in [1.807, 2.05) is 0 Å². The predicted octanol–water partition coefficient (Wildman–Crippen LogP) is 3.17. The van der Waals surface area contributed by atoms with Crippen LogP contribution in [0.4, 0.5) is 27.6 Å². The molecule has 218 valence electrons. The minimum Gasteiger partial charge on any atom is -0.493 e. The second-order valence-corrected chi connectivity index (χ2v) is 11.8. The molecule has 10 nitrogen and oxygen atoms in total. The van der Waals surface area contributed by atoms with Crippen LogP contribution >= 0.6 is 0 Å². The van der Waals surface area contributed by atoms with Crippen molar-refractivity contribution in [3.63, 3.8) is 0 Å². The molecule has 2 aliphatic rings. The zero-order chi connectivity index (χ0) is 29.7. The third-order valence-electron chi connectivity index (χ3n) is 6.45. The van der Waals surface area contributed by atoms with Gasteiger partial charge in [-0.15, -0.1) is 0 Å². The number of carbonyl (C=O) groups excluding carboxylic acids is 2. The van der Waals surface area contributed by atoms with Gasteiger partial charge in [0.05, 0.1) is 18.7 Å². The summed E-state index contributed by atoms with van der Waals surface area (Å²) >= 11 is 0. The highest BCUT2D eigenvalue weighted by atomic mass is 32.2. The fraction of sp³-hybridized carbons (Fsp3) is 0.320. The molecule has 41 heavy (non-hydrogen) atoms. The van der Waals surface area contributed by atoms with Crippen LogP contribution in [0.2, 0.25) is 0 Å². The third-order valence-corrected chi connectivity index (χ3v) is 7.23. The fourth-order valence-electron chi connectivity index (χ4n) is 4.79. The molecule has 0 fully saturated rings. The summed E-state index contributed by atoms with van der Waals surface area (Å²) in [5.41, 5.74) is -1.21. The summed E-state index contributed by atoms with van der Waals surface area (Å²) in [7, 11) is -3.76. The smallest absolute Gasteiger partial charge is 0.422 e. The first-order chi connectivity index (χ1) is 19.1. The summed E-state index contributed by atoms with van der Waals surface area (Å²) in [4.78, 5) is 26.1. The van der Waals surface area contributed by atoms with Gasteiger partial charge in [-0.1, -0.05) is 0 Å². The van der Waals surface area contributed by atoms with Crippen LogP contribution in [0.3, 0.4) is 0 Å². The molecular formula is C25H21F5N4O6S. The van der Waals surface area contributed by atoms with Crippen molar-refractivity contribution in [1.29, 1.82) is 0 Å². The molecule has 0 saturated carbocycles. The van der Waals surface area contributed by atoms with Crippen LogP contribution < -0.4 is 20.1 Å². The largest absolute Gasteiger partial charge is 0.493 e. The lowest BCUT2D eigenvalue weighted by atomic mass is 9.83. The van der Waals surface area contributed by atoms with Crippen LogP contribution in [-0.2, 0) is 26.7 Å². The molecule has 0 aliphatic carbocycles. The normalized spacial score (nSPS) is 18.2. The second-order valence-electron chi connectivity index (χ2n) is 9.67. The molecule has 0 unspecified atom stereocenters. The van der Waals surface area contributed by atoms with E-state index in [9.17, 15) is 40.0 Å². The van der Waals surface area contributed by atoms with Crippen LogP contribution in [0, 0.1) is 11.6 Å². The Morgan fingerprint density at radius 2 is 1.95 bits per heavy atom. The van der Waals surface area contributed by atoms with Gasteiger partial charge in [0, 0.05) is 29.9 Å². The molecular weight excluding hydrogens is 579 g/mol. The highest BCUT2D eigenvalue weighted by molar-refractivity contribution is 7.91. The number of nitrogens with zero attached hydrogens (tertiary/aromatic N) is 2. The Morgan fingerprint density at radius 3 is 2.63 bits per heavy atom. The van der Waals surface area contributed by atoms with Crippen molar-refractivity contribution in [2.45, 2.75) is 24.7 Å². The molecule has 2 aliphatic heterocycles. The highest BCUT2D eigenvalue weighted by Gasteiger charge is 2.46. The Hall–Kier alpha value is -4.21. The number of nitrogens with one attached hydrogen (secondary N) is 2. The molecule has 1 atom stereocenters. The maximum absolute atomic E-state index is 14.1. The first-order valence-electron chi connectivity index (χ1n) is 12.0. The topological polar surface area (TPSA) is 129 Å². The standard InChI is InChI=1S/C25H21F5N4O6S/c1-41(37,38)10-19(35)31-21-20(13-2-5-16(26)17(27)8-13)33-34-11-24(32-23(36)22(21)34)6-7-39-18-9-14(3-4-15(18)24)40-12-25(28,29)30/h2-5,8-9H,6-7,10-12H2,1H3,(H,31,35)(H,32,36)/t24-/m1/s1. The van der Waals surface area contributed by atoms with Crippen LogP contribution in [0.15, 0.2) is 36.4 Å². The maximum atomic E-state index is 14.1. The molecule has 2 aromatic carbocycles. The van der Waals surface area contributed by atoms with Gasteiger partial charge in [-0.3, -0.25) is 14.3 Å². The Kier molecular flexibility index (Phi) is 6.91. The fourth-order valence-corrected chi connectivity index (χ4v) is 5.34. The Morgan fingerprint density at radius 1 is 1.20 bits per heavy atom. The Balaban J connectivity index is 1.56. The third kappa shape index (κ3) is 5.82. The van der Waals surface area contributed by atoms with E-state index in [1.54, 1.807) is 0 Å². The quantitative estimate of drug-likeness (QED) is 0.416. The molecule has 3 heterocycles. The van der Waals surface area contributed by atoms with Gasteiger partial charge >= 0.3 is 6.18 Å². The zero-order valence-corrected chi connectivity index (χ0v) is 22.0. The number of alkyl halides is 3. The summed E-state index contributed by atoms with van der Waals surface area (Å²) in [6, 6.07) is 6.86. The lowest BCUT2D eigenvalue weighted by Crippen LogP contribution is -2.55. The van der Waals surface area contributed by atoms with Crippen LogP contribution in [0.1, 0.15) is 22.5 Å². The summed E-state index contributed by atoms with van der Waals surface area (Å²) < 4.78 is 101. The number of hydrogen-bond acceptors (Lipinski definition) is 7. The Labute approximate surface area is 229 Å². The van der Waals surface area contributed by atoms with Crippen LogP contribution in [0.25, 0.3) is 11.3 Å². The number of ether oxygens (including phenoxy) is 2. The number of amides is 2. The molecule has 2 N–H and O–H groups in total. The first-order valence-corrected chi connectivity index (χ1v) is 14.0. The molecule has 1 aromatic heterocycles. The van der Waals surface area contributed by atoms with Crippen LogP contribution in [0.5, 0.6) is 11.5 Å². The molecule has 0 bridgehead atoms. The van der Waals surface area contributed by atoms with E-state index in [1.165, 1.54) is 28.9 Å². The molecule has 2 amide bonds. The average molecular weight is 601 g/mol. The second kappa shape index (κ2) is 10.0. The van der Waals surface area contributed by atoms with E-state index >= 15 is 0 Å². The number of hydrogen-bond donors (Lipinski definition) is 2. The first kappa shape index (κ1) is 28.3. The molecule has 16 heteroatoms. The van der Waals surface area contributed by atoms with Gasteiger partial charge in [-0.25, -0.2) is 17.2 Å². The van der Waals surface area contributed by atoms with Crippen molar-refractivity contribution < 1.29 is 49.4 Å². The summed E-state index contributed by atoms with van der Waals surface area (Å²) in [6.07, 6.45) is -3.48. The average Bonchev–Trinajstić information content (AvgIpc) is 3.21. The molecule has 5 rings (SSSR count). The lowest BCUT2D eigenvalue weighted by Gasteiger charge is -2.42. The van der Waals surface area contributed by atoms with Crippen molar-refractivity contribution in [3.05, 3.63) is 59.3 Å². The molecule has 3 aromatic rings. The van der Waals surface area contributed by atoms with Gasteiger partial charge in [0.25, 0.3) is 5.91 Å². The van der Waals surface area contributed by atoms with Crippen molar-refractivity contribution in [2.75, 3.05) is 30.5 Å². The SMILES string of the molecule is CS(=O)(=O)CC(=O)Nc1c(-c2ccc(F)c(F)c2)nn2c1C(=O)N[C@]1(CCOc3cc(OCC(F)(F)F)ccc31)C2. The van der Waals surface area contributed by atoms with Gasteiger partial charge in [0.1, 0.15) is 28.6 Å². The van der Waals surface area contributed by atoms with Gasteiger partial charge in [-0.2, -0.15) is 18.3 Å². The van der Waals surface area contributed by atoms with E-state index in [4.69, 9.17) is 9.47 Å². The summed E-state index contributed by atoms with van der Waals surface area (Å²) in [6.45, 7) is -1.49. The van der Waals surface area contributed by atoms with E-state index in [0.717, 1.165) is 18.4 Å². The van der Waals surface area contributed by atoms with Crippen molar-refractivity contribution in [1.82, 2.24) is 15.1 Å². The van der Waals surface area contributed by atoms with E-state index < -0.39 is 57.4 Å². The lowest BCUT2D eigenvalue weighted by molar-refractivity contribution is -0.153. The minimum atomic E-state index is -4.55. The number of fused-ring (bicyclic) bond motifs is 3. The zero-order valence-electron chi connectivity index (χ0n) is 21.1. The van der Waals surface area contributed by atoms with E-state index in [-0.39, 0.29) is 53.7 Å². The summed E-state index contributed by atoms with van der Waals surface area (Å²) in [5.74, 6) is -4.92. The molecule has 0 radical (unpaired) electrons. The number of rotatable bonds is 6. The maximum Gasteiger partial charge on any atom is 0.422 e. The monoisotopic (exact) mass is 600 g/mol. The van der Waals surface area contributed by atoms with Gasteiger partial charge in [-0.05, 0) is 30.3 Å². The number of anilines is 1. The number of carbonyl (C=O) groups is 2. The van der Waals surface area contributed by atoms with Crippen molar-refractivity contribution in [3.8, 4) is 22.8 Å². The van der Waals surface area contributed by atoms with Gasteiger partial charge in [0.15, 0.2) is 33.8 Å². The van der Waals surface area contributed by atoms with E-state index in [2.05, 4.69) is 15.7 Å². The van der Waals surface area contributed by atoms with Crippen molar-refractivity contribution >= 4 is 27.3 Å². The number of aromatic nitrogens is 2. The van der Waals surface area contributed by atoms with E-state index in [0.29, 0.717) is 5.56 Å². The molecule has 0 saturated heterocycles. The number of halogens is 5. The highest BCUT2D eigenvalue weighted by Crippen LogP contribution is 2.44. The number of sulfone groups is 1. The van der Waals surface area contributed by atoms with Crippen LogP contribution in [-0.4, -0.2) is 61.4 Å². The Bertz CT molecular complexity index is 1670. The summed E-state index contributed by atoms with van der Waals surface area (Å²) in [5, 5.41) is 9.63. The van der Waals surface area contributed by atoms with Gasteiger partial charge in [0.2, 0.25) is 5.91 Å². The number of benzene rings is 2. The minimum absolute atomic E-state index is 0.00105. The van der Waals surface area contributed by atoms with Gasteiger partial charge < -0.3 is 20.1 Å².